The molecule has 3 heteroatoms. The molecule has 0 bridgehead atoms. The largest absolute Gasteiger partial charge is 0.507 e. The van der Waals surface area contributed by atoms with E-state index in [1.54, 1.807) is 0 Å². The third-order valence-corrected chi connectivity index (χ3v) is 5.21. The zero-order valence-electron chi connectivity index (χ0n) is 13.3. The minimum absolute atomic E-state index is 0.0407. The average molecular weight is 310 g/mol. The molecular weight excluding hydrogens is 288 g/mol. The average Bonchev–Trinajstić information content (AvgIpc) is 3.39. The van der Waals surface area contributed by atoms with Crippen LogP contribution in [-0.2, 0) is 12.8 Å². The molecule has 0 saturated heterocycles. The van der Waals surface area contributed by atoms with Crippen molar-refractivity contribution in [1.29, 1.82) is 0 Å². The van der Waals surface area contributed by atoms with Crippen LogP contribution in [0.15, 0.2) is 39.5 Å². The summed E-state index contributed by atoms with van der Waals surface area (Å²) in [6.07, 6.45) is 6.98. The van der Waals surface area contributed by atoms with Crippen LogP contribution in [0.2, 0.25) is 0 Å². The first-order valence-electron chi connectivity index (χ1n) is 8.68. The van der Waals surface area contributed by atoms with Crippen LogP contribution in [0.4, 0.5) is 0 Å². The van der Waals surface area contributed by atoms with Gasteiger partial charge in [0, 0.05) is 17.9 Å². The molecule has 0 radical (unpaired) electrons. The maximum absolute atomic E-state index is 12.6. The van der Waals surface area contributed by atoms with Crippen LogP contribution in [0, 0.1) is 5.92 Å². The summed E-state index contributed by atoms with van der Waals surface area (Å²) < 4.78 is 5.66. The van der Waals surface area contributed by atoms with Gasteiger partial charge in [-0.05, 0) is 43.6 Å². The van der Waals surface area contributed by atoms with Crippen molar-refractivity contribution in [1.82, 2.24) is 0 Å². The van der Waals surface area contributed by atoms with Crippen molar-refractivity contribution < 1.29 is 9.52 Å². The van der Waals surface area contributed by atoms with E-state index in [2.05, 4.69) is 0 Å². The number of hydrogen-bond donors (Lipinski definition) is 1. The lowest BCUT2D eigenvalue weighted by Gasteiger charge is -2.19. The van der Waals surface area contributed by atoms with Crippen LogP contribution in [-0.4, -0.2) is 5.11 Å². The number of aromatic hydroxyl groups is 1. The molecule has 1 atom stereocenters. The first-order valence-corrected chi connectivity index (χ1v) is 8.68. The van der Waals surface area contributed by atoms with Gasteiger partial charge in [-0.3, -0.25) is 0 Å². The summed E-state index contributed by atoms with van der Waals surface area (Å²) in [6, 6.07) is 10.1. The van der Waals surface area contributed by atoms with Gasteiger partial charge in [0.2, 0.25) is 0 Å². The molecule has 2 aromatic rings. The summed E-state index contributed by atoms with van der Waals surface area (Å²) in [5, 5.41) is 10.9. The van der Waals surface area contributed by atoms with E-state index >= 15 is 0 Å². The molecular formula is C20H22O3. The first-order chi connectivity index (χ1) is 11.3. The minimum Gasteiger partial charge on any atom is -0.507 e. The van der Waals surface area contributed by atoms with Gasteiger partial charge in [0.25, 0.3) is 0 Å². The Bertz CT molecular complexity index is 756. The fourth-order valence-electron chi connectivity index (χ4n) is 3.88. The van der Waals surface area contributed by atoms with Gasteiger partial charge < -0.3 is 9.52 Å². The summed E-state index contributed by atoms with van der Waals surface area (Å²) in [7, 11) is 0. The van der Waals surface area contributed by atoms with Gasteiger partial charge in [0.05, 0.1) is 5.56 Å². The highest BCUT2D eigenvalue weighted by molar-refractivity contribution is 5.47. The van der Waals surface area contributed by atoms with E-state index in [9.17, 15) is 9.90 Å². The van der Waals surface area contributed by atoms with Gasteiger partial charge in [-0.15, -0.1) is 0 Å². The molecule has 120 valence electrons. The molecule has 4 rings (SSSR count). The lowest BCUT2D eigenvalue weighted by molar-refractivity contribution is 0.396. The van der Waals surface area contributed by atoms with Gasteiger partial charge in [-0.2, -0.15) is 0 Å². The Labute approximate surface area is 136 Å². The maximum atomic E-state index is 12.6. The van der Waals surface area contributed by atoms with Gasteiger partial charge >= 0.3 is 5.63 Å². The highest BCUT2D eigenvalue weighted by atomic mass is 16.4. The van der Waals surface area contributed by atoms with Crippen LogP contribution < -0.4 is 5.63 Å². The van der Waals surface area contributed by atoms with Crippen LogP contribution in [0.1, 0.15) is 60.5 Å². The zero-order chi connectivity index (χ0) is 15.8. The Morgan fingerprint density at radius 1 is 1.04 bits per heavy atom. The summed E-state index contributed by atoms with van der Waals surface area (Å²) >= 11 is 0. The summed E-state index contributed by atoms with van der Waals surface area (Å²) in [5.74, 6) is 1.31. The lowest BCUT2D eigenvalue weighted by Crippen LogP contribution is -2.18. The molecule has 3 nitrogen and oxygen atoms in total. The second-order valence-electron chi connectivity index (χ2n) is 6.84. The standard InChI is InChI=1S/C20H22O3/c21-19-15-9-5-2-6-10-16(15)23-20(22)18(19)17(14-11-12-14)13-7-3-1-4-8-13/h1,3-4,7-8,14,17,21H,2,5-6,9-12H2. The Hall–Kier alpha value is -2.03. The highest BCUT2D eigenvalue weighted by Crippen LogP contribution is 2.48. The molecule has 1 fully saturated rings. The predicted octanol–water partition coefficient (Wildman–Crippen LogP) is 4.16. The number of aryl methyl sites for hydroxylation is 1. The fraction of sp³-hybridized carbons (Fsp3) is 0.450. The van der Waals surface area contributed by atoms with Crippen LogP contribution >= 0.6 is 0 Å². The van der Waals surface area contributed by atoms with E-state index in [1.165, 1.54) is 0 Å². The SMILES string of the molecule is O=c1oc2c(c(O)c1C(c1ccccc1)C1CC1)CCCCC2. The van der Waals surface area contributed by atoms with E-state index in [0.717, 1.165) is 56.1 Å². The van der Waals surface area contributed by atoms with Crippen molar-refractivity contribution in [3.63, 3.8) is 0 Å². The normalized spacial score (nSPS) is 19.0. The molecule has 0 spiro atoms. The van der Waals surface area contributed by atoms with Crippen molar-refractivity contribution in [2.75, 3.05) is 0 Å². The van der Waals surface area contributed by atoms with Crippen molar-refractivity contribution in [2.45, 2.75) is 50.9 Å². The third-order valence-electron chi connectivity index (χ3n) is 5.21. The minimum atomic E-state index is -0.344. The van der Waals surface area contributed by atoms with Gasteiger partial charge in [-0.25, -0.2) is 4.79 Å². The smallest absolute Gasteiger partial charge is 0.343 e. The Balaban J connectivity index is 1.87. The third kappa shape index (κ3) is 2.69. The van der Waals surface area contributed by atoms with E-state index in [-0.39, 0.29) is 17.3 Å². The number of rotatable bonds is 3. The van der Waals surface area contributed by atoms with E-state index in [0.29, 0.717) is 17.2 Å². The molecule has 1 N–H and O–H groups in total. The molecule has 1 aromatic carbocycles. The van der Waals surface area contributed by atoms with Gasteiger partial charge in [0.15, 0.2) is 0 Å². The van der Waals surface area contributed by atoms with E-state index < -0.39 is 0 Å². The molecule has 1 aromatic heterocycles. The van der Waals surface area contributed by atoms with E-state index in [4.69, 9.17) is 4.42 Å². The monoisotopic (exact) mass is 310 g/mol. The van der Waals surface area contributed by atoms with E-state index in [1.807, 2.05) is 30.3 Å². The Kier molecular flexibility index (Phi) is 3.72. The molecule has 0 aliphatic heterocycles. The van der Waals surface area contributed by atoms with Gasteiger partial charge in [-0.1, -0.05) is 36.8 Å². The number of benzene rings is 1. The summed E-state index contributed by atoms with van der Waals surface area (Å²) in [5.41, 5.74) is 2.12. The molecule has 2 aliphatic rings. The van der Waals surface area contributed by atoms with Crippen molar-refractivity contribution in [3.05, 3.63) is 63.2 Å². The zero-order valence-corrected chi connectivity index (χ0v) is 13.3. The highest BCUT2D eigenvalue weighted by Gasteiger charge is 2.38. The van der Waals surface area contributed by atoms with Gasteiger partial charge in [0.1, 0.15) is 11.5 Å². The Morgan fingerprint density at radius 3 is 2.52 bits per heavy atom. The fourth-order valence-corrected chi connectivity index (χ4v) is 3.88. The second-order valence-corrected chi connectivity index (χ2v) is 6.84. The first kappa shape index (κ1) is 14.6. The molecule has 1 heterocycles. The molecule has 0 amide bonds. The van der Waals surface area contributed by atoms with Crippen LogP contribution in [0.3, 0.4) is 0 Å². The number of hydrogen-bond acceptors (Lipinski definition) is 3. The van der Waals surface area contributed by atoms with Crippen molar-refractivity contribution in [3.8, 4) is 5.75 Å². The maximum Gasteiger partial charge on any atom is 0.343 e. The van der Waals surface area contributed by atoms with Crippen molar-refractivity contribution in [2.24, 2.45) is 5.92 Å². The molecule has 1 saturated carbocycles. The summed E-state index contributed by atoms with van der Waals surface area (Å²) in [4.78, 5) is 12.6. The van der Waals surface area contributed by atoms with Crippen LogP contribution in [0.5, 0.6) is 5.75 Å². The predicted molar refractivity (Wildman–Crippen MR) is 88.9 cm³/mol. The molecule has 23 heavy (non-hydrogen) atoms. The summed E-state index contributed by atoms with van der Waals surface area (Å²) in [6.45, 7) is 0. The quantitative estimate of drug-likeness (QED) is 0.866. The number of fused-ring (bicyclic) bond motifs is 1. The molecule has 2 aliphatic carbocycles. The van der Waals surface area contributed by atoms with Crippen LogP contribution in [0.25, 0.3) is 0 Å². The lowest BCUT2D eigenvalue weighted by atomic mass is 9.86. The van der Waals surface area contributed by atoms with Crippen molar-refractivity contribution >= 4 is 0 Å². The topological polar surface area (TPSA) is 50.4 Å². The Morgan fingerprint density at radius 2 is 1.78 bits per heavy atom. The molecule has 1 unspecified atom stereocenters. The second kappa shape index (κ2) is 5.88.